The summed E-state index contributed by atoms with van der Waals surface area (Å²) in [5.74, 6) is -14.9. The van der Waals surface area contributed by atoms with Crippen LogP contribution >= 0.6 is 0 Å². The van der Waals surface area contributed by atoms with E-state index in [0.717, 1.165) is 6.92 Å². The summed E-state index contributed by atoms with van der Waals surface area (Å²) in [5, 5.41) is 0. The quantitative estimate of drug-likeness (QED) is 0.453. The minimum atomic E-state index is -5.42. The molecule has 0 heterocycles. The summed E-state index contributed by atoms with van der Waals surface area (Å²) in [6, 6.07) is 0. The van der Waals surface area contributed by atoms with E-state index in [1.807, 2.05) is 0 Å². The van der Waals surface area contributed by atoms with Gasteiger partial charge in [0.25, 0.3) is 0 Å². The van der Waals surface area contributed by atoms with E-state index < -0.39 is 42.8 Å². The van der Waals surface area contributed by atoms with Gasteiger partial charge in [-0.25, -0.2) is 9.59 Å². The standard InChI is InChI=1S/C8H7F7O3/c1-2-6(9,10)4(16)18-5(17)7(11,12)3-8(13,14)15/h2-3H2,1H3. The van der Waals surface area contributed by atoms with Crippen LogP contribution in [-0.2, 0) is 14.3 Å². The highest BCUT2D eigenvalue weighted by Gasteiger charge is 2.53. The molecule has 0 aromatic heterocycles. The van der Waals surface area contributed by atoms with Gasteiger partial charge in [-0.1, -0.05) is 6.92 Å². The fraction of sp³-hybridized carbons (Fsp3) is 0.750. The van der Waals surface area contributed by atoms with Gasteiger partial charge in [0.15, 0.2) is 0 Å². The van der Waals surface area contributed by atoms with Crippen LogP contribution in [0.2, 0.25) is 0 Å². The Labute approximate surface area is 95.9 Å². The molecular formula is C8H7F7O3. The minimum Gasteiger partial charge on any atom is -0.384 e. The van der Waals surface area contributed by atoms with Crippen molar-refractivity contribution in [3.05, 3.63) is 0 Å². The second kappa shape index (κ2) is 5.11. The van der Waals surface area contributed by atoms with Gasteiger partial charge in [-0.05, 0) is 0 Å². The molecule has 0 unspecified atom stereocenters. The molecule has 0 aliphatic heterocycles. The number of hydrogen-bond acceptors (Lipinski definition) is 3. The van der Waals surface area contributed by atoms with Gasteiger partial charge in [0, 0.05) is 6.42 Å². The first kappa shape index (κ1) is 16.6. The first-order valence-electron chi connectivity index (χ1n) is 4.41. The van der Waals surface area contributed by atoms with E-state index in [4.69, 9.17) is 0 Å². The Hall–Kier alpha value is -1.35. The number of esters is 2. The predicted octanol–water partition coefficient (Wildman–Crippen LogP) is 2.69. The molecule has 0 aromatic rings. The van der Waals surface area contributed by atoms with Crippen LogP contribution in [-0.4, -0.2) is 30.0 Å². The Bertz CT molecular complexity index is 334. The predicted molar refractivity (Wildman–Crippen MR) is 42.0 cm³/mol. The smallest absolute Gasteiger partial charge is 0.384 e. The summed E-state index contributed by atoms with van der Waals surface area (Å²) in [4.78, 5) is 21.0. The zero-order chi connectivity index (χ0) is 14.8. The Morgan fingerprint density at radius 2 is 1.28 bits per heavy atom. The first-order chi connectivity index (χ1) is 7.82. The molecule has 0 spiro atoms. The van der Waals surface area contributed by atoms with E-state index in [2.05, 4.69) is 4.74 Å². The number of ether oxygens (including phenoxy) is 1. The molecule has 0 saturated carbocycles. The third kappa shape index (κ3) is 4.88. The lowest BCUT2D eigenvalue weighted by atomic mass is 10.2. The van der Waals surface area contributed by atoms with E-state index in [0.29, 0.717) is 0 Å². The van der Waals surface area contributed by atoms with Crippen LogP contribution in [0.3, 0.4) is 0 Å². The molecule has 106 valence electrons. The number of carbonyl (C=O) groups excluding carboxylic acids is 2. The van der Waals surface area contributed by atoms with Crippen LogP contribution in [0.1, 0.15) is 19.8 Å². The van der Waals surface area contributed by atoms with Gasteiger partial charge < -0.3 is 4.74 Å². The Morgan fingerprint density at radius 3 is 1.61 bits per heavy atom. The van der Waals surface area contributed by atoms with Crippen molar-refractivity contribution in [3.63, 3.8) is 0 Å². The Kier molecular flexibility index (Phi) is 4.72. The number of halogens is 7. The van der Waals surface area contributed by atoms with E-state index in [1.54, 1.807) is 0 Å². The summed E-state index contributed by atoms with van der Waals surface area (Å²) in [5.41, 5.74) is 0. The monoisotopic (exact) mass is 284 g/mol. The largest absolute Gasteiger partial charge is 0.395 e. The molecule has 18 heavy (non-hydrogen) atoms. The van der Waals surface area contributed by atoms with Gasteiger partial charge in [-0.15, -0.1) is 0 Å². The zero-order valence-corrected chi connectivity index (χ0v) is 8.78. The van der Waals surface area contributed by atoms with Crippen molar-refractivity contribution in [1.29, 1.82) is 0 Å². The van der Waals surface area contributed by atoms with Gasteiger partial charge in [0.05, 0.1) is 0 Å². The average Bonchev–Trinajstić information content (AvgIpc) is 2.13. The SMILES string of the molecule is CCC(F)(F)C(=O)OC(=O)C(F)(F)CC(F)(F)F. The lowest BCUT2D eigenvalue weighted by Crippen LogP contribution is -2.40. The number of alkyl halides is 7. The summed E-state index contributed by atoms with van der Waals surface area (Å²) in [7, 11) is 0. The van der Waals surface area contributed by atoms with Crippen molar-refractivity contribution in [2.24, 2.45) is 0 Å². The van der Waals surface area contributed by atoms with Crippen LogP contribution in [0.5, 0.6) is 0 Å². The molecular weight excluding hydrogens is 277 g/mol. The highest BCUT2D eigenvalue weighted by molar-refractivity contribution is 5.92. The van der Waals surface area contributed by atoms with Crippen molar-refractivity contribution < 1.29 is 45.1 Å². The summed E-state index contributed by atoms with van der Waals surface area (Å²) < 4.78 is 88.1. The lowest BCUT2D eigenvalue weighted by Gasteiger charge is -2.17. The van der Waals surface area contributed by atoms with E-state index in [9.17, 15) is 40.3 Å². The van der Waals surface area contributed by atoms with E-state index in [1.165, 1.54) is 0 Å². The second-order valence-electron chi connectivity index (χ2n) is 3.23. The van der Waals surface area contributed by atoms with E-state index >= 15 is 0 Å². The van der Waals surface area contributed by atoms with Crippen molar-refractivity contribution in [2.75, 3.05) is 0 Å². The molecule has 0 rings (SSSR count). The molecule has 0 N–H and O–H groups in total. The van der Waals surface area contributed by atoms with Crippen LogP contribution in [0, 0.1) is 0 Å². The van der Waals surface area contributed by atoms with Crippen molar-refractivity contribution in [2.45, 2.75) is 37.8 Å². The molecule has 0 aliphatic rings. The van der Waals surface area contributed by atoms with Crippen molar-refractivity contribution in [1.82, 2.24) is 0 Å². The highest BCUT2D eigenvalue weighted by Crippen LogP contribution is 2.33. The molecule has 0 bridgehead atoms. The van der Waals surface area contributed by atoms with Gasteiger partial charge >= 0.3 is 30.0 Å². The van der Waals surface area contributed by atoms with E-state index in [-0.39, 0.29) is 0 Å². The maximum atomic E-state index is 12.6. The normalized spacial score (nSPS) is 13.3. The van der Waals surface area contributed by atoms with Gasteiger partial charge in [0.2, 0.25) is 0 Å². The topological polar surface area (TPSA) is 43.4 Å². The van der Waals surface area contributed by atoms with Gasteiger partial charge in [-0.3, -0.25) is 0 Å². The molecule has 10 heteroatoms. The number of hydrogen-bond donors (Lipinski definition) is 0. The Morgan fingerprint density at radius 1 is 0.889 bits per heavy atom. The molecule has 0 atom stereocenters. The third-order valence-electron chi connectivity index (χ3n) is 1.65. The van der Waals surface area contributed by atoms with Gasteiger partial charge in [0.1, 0.15) is 6.42 Å². The average molecular weight is 284 g/mol. The molecule has 0 aromatic carbocycles. The molecule has 0 fully saturated rings. The lowest BCUT2D eigenvalue weighted by molar-refractivity contribution is -0.214. The fourth-order valence-electron chi connectivity index (χ4n) is 0.702. The summed E-state index contributed by atoms with van der Waals surface area (Å²) in [6.07, 6.45) is -9.47. The highest BCUT2D eigenvalue weighted by atomic mass is 19.4. The Balaban J connectivity index is 4.73. The molecule has 0 radical (unpaired) electrons. The maximum absolute atomic E-state index is 12.6. The number of rotatable bonds is 4. The second-order valence-corrected chi connectivity index (χ2v) is 3.23. The maximum Gasteiger partial charge on any atom is 0.395 e. The van der Waals surface area contributed by atoms with Gasteiger partial charge in [-0.2, -0.15) is 30.7 Å². The molecule has 0 amide bonds. The minimum absolute atomic E-state index is 0.791. The van der Waals surface area contributed by atoms with Crippen LogP contribution in [0.25, 0.3) is 0 Å². The van der Waals surface area contributed by atoms with Crippen LogP contribution < -0.4 is 0 Å². The number of carbonyl (C=O) groups is 2. The van der Waals surface area contributed by atoms with Crippen LogP contribution in [0.15, 0.2) is 0 Å². The van der Waals surface area contributed by atoms with Crippen LogP contribution in [0.4, 0.5) is 30.7 Å². The third-order valence-corrected chi connectivity index (χ3v) is 1.65. The summed E-state index contributed by atoms with van der Waals surface area (Å²) >= 11 is 0. The molecule has 0 saturated heterocycles. The fourth-order valence-corrected chi connectivity index (χ4v) is 0.702. The van der Waals surface area contributed by atoms with Crippen molar-refractivity contribution >= 4 is 11.9 Å². The van der Waals surface area contributed by atoms with Crippen molar-refractivity contribution in [3.8, 4) is 0 Å². The first-order valence-corrected chi connectivity index (χ1v) is 4.41. The summed E-state index contributed by atoms with van der Waals surface area (Å²) in [6.45, 7) is 0.791. The zero-order valence-electron chi connectivity index (χ0n) is 8.78. The molecule has 3 nitrogen and oxygen atoms in total. The molecule has 0 aliphatic carbocycles.